The maximum atomic E-state index is 13.0. The number of nitrogens with zero attached hydrogens (tertiary/aromatic N) is 1. The summed E-state index contributed by atoms with van der Waals surface area (Å²) in [5, 5.41) is 3.16. The van der Waals surface area contributed by atoms with E-state index in [4.69, 9.17) is 27.9 Å². The molecule has 0 unspecified atom stereocenters. The molecule has 0 saturated carbocycles. The van der Waals surface area contributed by atoms with Gasteiger partial charge in [-0.2, -0.15) is 0 Å². The molecular formula is C27H22Cl2N2O4. The molecule has 0 spiro atoms. The van der Waals surface area contributed by atoms with E-state index >= 15 is 0 Å². The lowest BCUT2D eigenvalue weighted by molar-refractivity contribution is -0.120. The number of anilines is 2. The molecule has 4 rings (SSSR count). The van der Waals surface area contributed by atoms with Crippen molar-refractivity contribution in [2.45, 2.75) is 26.7 Å². The van der Waals surface area contributed by atoms with E-state index in [2.05, 4.69) is 19.2 Å². The molecule has 1 aliphatic heterocycles. The van der Waals surface area contributed by atoms with Gasteiger partial charge in [-0.15, -0.1) is 0 Å². The number of imide groups is 1. The van der Waals surface area contributed by atoms with E-state index in [-0.39, 0.29) is 10.7 Å². The third-order valence-electron chi connectivity index (χ3n) is 5.55. The Balaban J connectivity index is 1.48. The van der Waals surface area contributed by atoms with Crippen LogP contribution in [-0.2, 0) is 9.59 Å². The van der Waals surface area contributed by atoms with Crippen LogP contribution < -0.4 is 15.0 Å². The number of carbonyl (C=O) groups excluding carboxylic acids is 3. The van der Waals surface area contributed by atoms with E-state index in [1.807, 2.05) is 18.2 Å². The van der Waals surface area contributed by atoms with Crippen LogP contribution in [0.1, 0.15) is 41.3 Å². The molecule has 0 saturated heterocycles. The van der Waals surface area contributed by atoms with Gasteiger partial charge in [-0.1, -0.05) is 49.2 Å². The van der Waals surface area contributed by atoms with Gasteiger partial charge in [0, 0.05) is 10.7 Å². The minimum Gasteiger partial charge on any atom is -0.423 e. The van der Waals surface area contributed by atoms with Crippen molar-refractivity contribution >= 4 is 52.4 Å². The quantitative estimate of drug-likeness (QED) is 0.236. The average molecular weight is 509 g/mol. The predicted molar refractivity (Wildman–Crippen MR) is 137 cm³/mol. The van der Waals surface area contributed by atoms with Gasteiger partial charge in [0.2, 0.25) is 0 Å². The van der Waals surface area contributed by atoms with Crippen LogP contribution in [0.25, 0.3) is 0 Å². The second-order valence-corrected chi connectivity index (χ2v) is 9.20. The third kappa shape index (κ3) is 5.09. The first-order valence-corrected chi connectivity index (χ1v) is 11.6. The Morgan fingerprint density at radius 3 is 2.31 bits per heavy atom. The molecule has 2 amide bonds. The van der Waals surface area contributed by atoms with Crippen LogP contribution in [0, 0.1) is 6.92 Å². The van der Waals surface area contributed by atoms with Gasteiger partial charge < -0.3 is 10.1 Å². The molecule has 8 heteroatoms. The van der Waals surface area contributed by atoms with E-state index < -0.39 is 17.8 Å². The van der Waals surface area contributed by atoms with Crippen LogP contribution in [0.2, 0.25) is 5.02 Å². The van der Waals surface area contributed by atoms with E-state index in [1.54, 1.807) is 55.5 Å². The van der Waals surface area contributed by atoms with Crippen LogP contribution >= 0.6 is 23.2 Å². The summed E-state index contributed by atoms with van der Waals surface area (Å²) < 4.78 is 5.49. The first-order chi connectivity index (χ1) is 16.7. The van der Waals surface area contributed by atoms with E-state index in [0.29, 0.717) is 39.2 Å². The zero-order chi connectivity index (χ0) is 25.3. The molecule has 0 atom stereocenters. The van der Waals surface area contributed by atoms with Gasteiger partial charge in [0.15, 0.2) is 0 Å². The zero-order valence-electron chi connectivity index (χ0n) is 19.3. The summed E-state index contributed by atoms with van der Waals surface area (Å²) in [5.74, 6) is -0.948. The highest BCUT2D eigenvalue weighted by Gasteiger charge is 2.39. The number of rotatable bonds is 6. The van der Waals surface area contributed by atoms with Crippen LogP contribution in [0.15, 0.2) is 77.5 Å². The maximum absolute atomic E-state index is 13.0. The van der Waals surface area contributed by atoms with E-state index in [9.17, 15) is 14.4 Å². The highest BCUT2D eigenvalue weighted by atomic mass is 35.5. The normalized spacial score (nSPS) is 13.6. The topological polar surface area (TPSA) is 75.7 Å². The van der Waals surface area contributed by atoms with E-state index in [0.717, 1.165) is 10.5 Å². The minimum absolute atomic E-state index is 0.0492. The lowest BCUT2D eigenvalue weighted by atomic mass is 10.0. The molecule has 0 fully saturated rings. The van der Waals surface area contributed by atoms with Gasteiger partial charge in [-0.05, 0) is 78.6 Å². The number of halogens is 2. The molecular weight excluding hydrogens is 487 g/mol. The smallest absolute Gasteiger partial charge is 0.343 e. The van der Waals surface area contributed by atoms with Gasteiger partial charge in [-0.25, -0.2) is 9.69 Å². The lowest BCUT2D eigenvalue weighted by Crippen LogP contribution is -2.32. The summed E-state index contributed by atoms with van der Waals surface area (Å²) in [6.45, 7) is 5.87. The van der Waals surface area contributed by atoms with Crippen molar-refractivity contribution in [1.82, 2.24) is 0 Å². The molecule has 0 aromatic heterocycles. The molecule has 6 nitrogen and oxygen atoms in total. The first-order valence-electron chi connectivity index (χ1n) is 10.9. The largest absolute Gasteiger partial charge is 0.423 e. The fourth-order valence-electron chi connectivity index (χ4n) is 3.64. The highest BCUT2D eigenvalue weighted by molar-refractivity contribution is 6.53. The van der Waals surface area contributed by atoms with Crippen molar-refractivity contribution in [2.75, 3.05) is 10.2 Å². The average Bonchev–Trinajstić information content (AvgIpc) is 3.03. The van der Waals surface area contributed by atoms with Crippen molar-refractivity contribution in [3.63, 3.8) is 0 Å². The zero-order valence-corrected chi connectivity index (χ0v) is 20.8. The van der Waals surface area contributed by atoms with Crippen molar-refractivity contribution in [1.29, 1.82) is 0 Å². The molecule has 1 N–H and O–H groups in total. The second kappa shape index (κ2) is 9.94. The van der Waals surface area contributed by atoms with Crippen molar-refractivity contribution in [2.24, 2.45) is 0 Å². The molecule has 0 bridgehead atoms. The maximum Gasteiger partial charge on any atom is 0.343 e. The van der Waals surface area contributed by atoms with Gasteiger partial charge in [-0.3, -0.25) is 9.59 Å². The summed E-state index contributed by atoms with van der Waals surface area (Å²) in [7, 11) is 0. The van der Waals surface area contributed by atoms with Gasteiger partial charge in [0.05, 0.1) is 11.3 Å². The Morgan fingerprint density at radius 1 is 0.943 bits per heavy atom. The molecule has 35 heavy (non-hydrogen) atoms. The summed E-state index contributed by atoms with van der Waals surface area (Å²) >= 11 is 12.2. The Kier molecular flexibility index (Phi) is 6.96. The number of esters is 1. The number of amides is 2. The predicted octanol–water partition coefficient (Wildman–Crippen LogP) is 6.43. The Bertz CT molecular complexity index is 1360. The molecule has 3 aromatic carbocycles. The summed E-state index contributed by atoms with van der Waals surface area (Å²) in [5.41, 5.74) is 2.89. The second-order valence-electron chi connectivity index (χ2n) is 8.38. The van der Waals surface area contributed by atoms with Crippen LogP contribution in [0.3, 0.4) is 0 Å². The minimum atomic E-state index is -0.631. The summed E-state index contributed by atoms with van der Waals surface area (Å²) in [6, 6.07) is 18.6. The standard InChI is InChI=1S/C27H22Cl2N2O4/c1-15(2)18-5-4-6-21(14-18)35-27(34)17-7-10-20(11-8-17)30-24-23(29)25(32)31(26(24)33)22-12-9-19(28)13-16(22)3/h4-15,30H,1-3H3. The molecule has 0 aliphatic carbocycles. The molecule has 178 valence electrons. The lowest BCUT2D eigenvalue weighted by Gasteiger charge is -2.17. The van der Waals surface area contributed by atoms with E-state index in [1.165, 1.54) is 0 Å². The van der Waals surface area contributed by atoms with Gasteiger partial charge in [0.1, 0.15) is 16.5 Å². The Hall–Kier alpha value is -3.61. The van der Waals surface area contributed by atoms with Crippen molar-refractivity contribution in [3.05, 3.63) is 99.2 Å². The monoisotopic (exact) mass is 508 g/mol. The fraction of sp³-hybridized carbons (Fsp3) is 0.148. The number of ether oxygens (including phenoxy) is 1. The fourth-order valence-corrected chi connectivity index (χ4v) is 4.08. The molecule has 3 aromatic rings. The highest BCUT2D eigenvalue weighted by Crippen LogP contribution is 2.33. The molecule has 1 aliphatic rings. The van der Waals surface area contributed by atoms with Crippen LogP contribution in [-0.4, -0.2) is 17.8 Å². The summed E-state index contributed by atoms with van der Waals surface area (Å²) in [6.07, 6.45) is 0. The van der Waals surface area contributed by atoms with Gasteiger partial charge in [0.25, 0.3) is 11.8 Å². The van der Waals surface area contributed by atoms with Crippen LogP contribution in [0.4, 0.5) is 11.4 Å². The van der Waals surface area contributed by atoms with Crippen molar-refractivity contribution < 1.29 is 19.1 Å². The van der Waals surface area contributed by atoms with Gasteiger partial charge >= 0.3 is 5.97 Å². The number of benzene rings is 3. The van der Waals surface area contributed by atoms with Crippen molar-refractivity contribution in [3.8, 4) is 5.75 Å². The Morgan fingerprint density at radius 2 is 1.66 bits per heavy atom. The number of hydrogen-bond donors (Lipinski definition) is 1. The molecule has 1 heterocycles. The Labute approximate surface area is 213 Å². The first kappa shape index (κ1) is 24.5. The number of aryl methyl sites for hydroxylation is 1. The number of nitrogens with one attached hydrogen (secondary N) is 1. The molecule has 0 radical (unpaired) electrons. The third-order valence-corrected chi connectivity index (χ3v) is 6.14. The number of hydrogen-bond acceptors (Lipinski definition) is 5. The number of carbonyl (C=O) groups is 3. The summed E-state index contributed by atoms with van der Waals surface area (Å²) in [4.78, 5) is 39.3. The van der Waals surface area contributed by atoms with Crippen LogP contribution in [0.5, 0.6) is 5.75 Å². The SMILES string of the molecule is Cc1cc(Cl)ccc1N1C(=O)C(Cl)=C(Nc2ccc(C(=O)Oc3cccc(C(C)C)c3)cc2)C1=O.